The summed E-state index contributed by atoms with van der Waals surface area (Å²) in [6.45, 7) is 10.9. The Labute approximate surface area is 124 Å². The van der Waals surface area contributed by atoms with Gasteiger partial charge in [0.1, 0.15) is 5.69 Å². The van der Waals surface area contributed by atoms with E-state index in [-0.39, 0.29) is 11.0 Å². The van der Waals surface area contributed by atoms with Crippen LogP contribution in [0.4, 0.5) is 0 Å². The minimum absolute atomic E-state index is 0.116. The summed E-state index contributed by atoms with van der Waals surface area (Å²) in [4.78, 5) is 16.2. The third-order valence-electron chi connectivity index (χ3n) is 3.10. The Bertz CT molecular complexity index is 665. The van der Waals surface area contributed by atoms with Crippen LogP contribution < -0.4 is 5.56 Å². The average molecular weight is 290 g/mol. The maximum absolute atomic E-state index is 11.8. The molecule has 0 unspecified atom stereocenters. The van der Waals surface area contributed by atoms with Gasteiger partial charge in [0, 0.05) is 18.0 Å². The van der Waals surface area contributed by atoms with Crippen LogP contribution in [-0.2, 0) is 12.0 Å². The quantitative estimate of drug-likeness (QED) is 0.865. The summed E-state index contributed by atoms with van der Waals surface area (Å²) in [5.74, 6) is 1.48. The fourth-order valence-corrected chi connectivity index (χ4v) is 1.74. The Balaban J connectivity index is 2.30. The lowest BCUT2D eigenvalue weighted by Gasteiger charge is -2.10. The Morgan fingerprint density at radius 3 is 2.57 bits per heavy atom. The number of hydrogen-bond acceptors (Lipinski definition) is 5. The van der Waals surface area contributed by atoms with Crippen LogP contribution in [0.25, 0.3) is 11.6 Å². The minimum atomic E-state index is -0.187. The molecule has 0 atom stereocenters. The second kappa shape index (κ2) is 5.79. The zero-order valence-corrected chi connectivity index (χ0v) is 13.3. The smallest absolute Gasteiger partial charge is 0.278 e. The summed E-state index contributed by atoms with van der Waals surface area (Å²) < 4.78 is 6.71. The van der Waals surface area contributed by atoms with Crippen LogP contribution in [0.1, 0.15) is 46.9 Å². The Morgan fingerprint density at radius 2 is 2.00 bits per heavy atom. The first-order valence-corrected chi connectivity index (χ1v) is 7.20. The highest BCUT2D eigenvalue weighted by molar-refractivity contribution is 5.44. The molecule has 0 aliphatic rings. The molecule has 0 saturated heterocycles. The second-order valence-corrected chi connectivity index (χ2v) is 6.64. The molecular weight excluding hydrogens is 268 g/mol. The van der Waals surface area contributed by atoms with E-state index in [4.69, 9.17) is 4.52 Å². The van der Waals surface area contributed by atoms with E-state index >= 15 is 0 Å². The van der Waals surface area contributed by atoms with Crippen molar-refractivity contribution in [3.63, 3.8) is 0 Å². The number of rotatable bonds is 4. The third-order valence-corrected chi connectivity index (χ3v) is 3.10. The Kier molecular flexibility index (Phi) is 4.25. The monoisotopic (exact) mass is 290 g/mol. The molecule has 0 radical (unpaired) electrons. The summed E-state index contributed by atoms with van der Waals surface area (Å²) in [7, 11) is 0. The summed E-state index contributed by atoms with van der Waals surface area (Å²) >= 11 is 0. The van der Waals surface area contributed by atoms with Crippen LogP contribution in [0, 0.1) is 5.92 Å². The Morgan fingerprint density at radius 1 is 1.29 bits per heavy atom. The first-order valence-electron chi connectivity index (χ1n) is 7.20. The van der Waals surface area contributed by atoms with Crippen molar-refractivity contribution < 1.29 is 4.52 Å². The molecule has 0 amide bonds. The van der Waals surface area contributed by atoms with Gasteiger partial charge in [0.15, 0.2) is 5.82 Å². The van der Waals surface area contributed by atoms with Crippen LogP contribution >= 0.6 is 0 Å². The number of nitrogens with zero attached hydrogens (tertiary/aromatic N) is 4. The zero-order chi connectivity index (χ0) is 15.6. The van der Waals surface area contributed by atoms with E-state index in [9.17, 15) is 4.79 Å². The summed E-state index contributed by atoms with van der Waals surface area (Å²) in [5, 5.41) is 8.29. The van der Waals surface area contributed by atoms with E-state index in [1.807, 2.05) is 20.8 Å². The van der Waals surface area contributed by atoms with Gasteiger partial charge in [-0.25, -0.2) is 4.68 Å². The second-order valence-electron chi connectivity index (χ2n) is 6.64. The van der Waals surface area contributed by atoms with Gasteiger partial charge in [-0.05, 0) is 18.4 Å². The normalized spacial score (nSPS) is 12.1. The van der Waals surface area contributed by atoms with Crippen molar-refractivity contribution in [3.05, 3.63) is 28.3 Å². The van der Waals surface area contributed by atoms with Crippen LogP contribution in [0.3, 0.4) is 0 Å². The molecule has 6 nitrogen and oxygen atoms in total. The SMILES string of the molecule is CC(C)CCn1nc(-c2nc(C(C)(C)C)no2)ccc1=O. The molecule has 0 aliphatic heterocycles. The Hall–Kier alpha value is -1.98. The predicted molar refractivity (Wildman–Crippen MR) is 79.9 cm³/mol. The fourth-order valence-electron chi connectivity index (χ4n) is 1.74. The van der Waals surface area contributed by atoms with Crippen molar-refractivity contribution in [1.82, 2.24) is 19.9 Å². The molecule has 0 fully saturated rings. The van der Waals surface area contributed by atoms with E-state index in [0.717, 1.165) is 6.42 Å². The maximum Gasteiger partial charge on any atom is 0.278 e. The number of hydrogen-bond donors (Lipinski definition) is 0. The van der Waals surface area contributed by atoms with Crippen LogP contribution in [0.5, 0.6) is 0 Å². The molecule has 6 heteroatoms. The molecule has 21 heavy (non-hydrogen) atoms. The van der Waals surface area contributed by atoms with Crippen molar-refractivity contribution in [2.45, 2.75) is 53.0 Å². The lowest BCUT2D eigenvalue weighted by Crippen LogP contribution is -2.23. The molecule has 2 aromatic heterocycles. The summed E-state index contributed by atoms with van der Waals surface area (Å²) in [6, 6.07) is 3.11. The topological polar surface area (TPSA) is 73.8 Å². The van der Waals surface area contributed by atoms with E-state index in [0.29, 0.717) is 29.9 Å². The van der Waals surface area contributed by atoms with E-state index < -0.39 is 0 Å². The van der Waals surface area contributed by atoms with Gasteiger partial charge in [-0.1, -0.05) is 39.8 Å². The van der Waals surface area contributed by atoms with Crippen LogP contribution in [0.2, 0.25) is 0 Å². The molecule has 0 N–H and O–H groups in total. The van der Waals surface area contributed by atoms with Crippen molar-refractivity contribution >= 4 is 0 Å². The minimum Gasteiger partial charge on any atom is -0.332 e. The maximum atomic E-state index is 11.8. The number of aryl methyl sites for hydroxylation is 1. The first-order chi connectivity index (χ1) is 9.77. The largest absolute Gasteiger partial charge is 0.332 e. The van der Waals surface area contributed by atoms with Gasteiger partial charge in [0.05, 0.1) is 0 Å². The standard InChI is InChI=1S/C15H22N4O2/c1-10(2)8-9-19-12(20)7-6-11(17-19)13-16-14(18-21-13)15(3,4)5/h6-7,10H,8-9H2,1-5H3. The zero-order valence-electron chi connectivity index (χ0n) is 13.3. The van der Waals surface area contributed by atoms with E-state index in [1.54, 1.807) is 6.07 Å². The fraction of sp³-hybridized carbons (Fsp3) is 0.600. The molecular formula is C15H22N4O2. The third kappa shape index (κ3) is 3.77. The molecule has 0 bridgehead atoms. The molecule has 0 aromatic carbocycles. The lowest BCUT2D eigenvalue weighted by molar-refractivity contribution is 0.399. The van der Waals surface area contributed by atoms with Crippen LogP contribution in [0.15, 0.2) is 21.5 Å². The molecule has 0 spiro atoms. The van der Waals surface area contributed by atoms with Gasteiger partial charge >= 0.3 is 0 Å². The number of aromatic nitrogens is 4. The highest BCUT2D eigenvalue weighted by Crippen LogP contribution is 2.21. The van der Waals surface area contributed by atoms with Crippen molar-refractivity contribution in [2.75, 3.05) is 0 Å². The lowest BCUT2D eigenvalue weighted by atomic mass is 9.96. The van der Waals surface area contributed by atoms with Gasteiger partial charge in [0.25, 0.3) is 11.4 Å². The van der Waals surface area contributed by atoms with E-state index in [1.165, 1.54) is 10.7 Å². The van der Waals surface area contributed by atoms with Gasteiger partial charge in [-0.2, -0.15) is 10.1 Å². The predicted octanol–water partition coefficient (Wildman–Crippen LogP) is 2.64. The van der Waals surface area contributed by atoms with Crippen molar-refractivity contribution in [3.8, 4) is 11.6 Å². The first kappa shape index (κ1) is 15.4. The summed E-state index contributed by atoms with van der Waals surface area (Å²) in [5.41, 5.74) is 0.227. The van der Waals surface area contributed by atoms with Crippen molar-refractivity contribution in [1.29, 1.82) is 0 Å². The average Bonchev–Trinajstić information content (AvgIpc) is 2.87. The molecule has 0 aliphatic carbocycles. The molecule has 2 rings (SSSR count). The van der Waals surface area contributed by atoms with Gasteiger partial charge in [0.2, 0.25) is 0 Å². The molecule has 114 valence electrons. The van der Waals surface area contributed by atoms with E-state index in [2.05, 4.69) is 29.1 Å². The molecule has 2 heterocycles. The van der Waals surface area contributed by atoms with Gasteiger partial charge in [-0.15, -0.1) is 0 Å². The van der Waals surface area contributed by atoms with Crippen LogP contribution in [-0.4, -0.2) is 19.9 Å². The van der Waals surface area contributed by atoms with Gasteiger partial charge in [-0.3, -0.25) is 4.79 Å². The molecule has 0 saturated carbocycles. The van der Waals surface area contributed by atoms with Gasteiger partial charge < -0.3 is 4.52 Å². The highest BCUT2D eigenvalue weighted by atomic mass is 16.5. The van der Waals surface area contributed by atoms with Crippen molar-refractivity contribution in [2.24, 2.45) is 5.92 Å². The highest BCUT2D eigenvalue weighted by Gasteiger charge is 2.22. The summed E-state index contributed by atoms with van der Waals surface area (Å²) in [6.07, 6.45) is 0.896. The molecule has 2 aromatic rings.